The minimum absolute atomic E-state index is 0.409. The number of hydrogen-bond acceptors (Lipinski definition) is 4. The summed E-state index contributed by atoms with van der Waals surface area (Å²) in [7, 11) is 3.47. The molecule has 1 heterocycles. The molecule has 14 heavy (non-hydrogen) atoms. The molecule has 1 aromatic heterocycles. The summed E-state index contributed by atoms with van der Waals surface area (Å²) in [5, 5.41) is -0.850. The fourth-order valence-electron chi connectivity index (χ4n) is 1.17. The average Bonchev–Trinajstić information content (AvgIpc) is 2.41. The molecule has 0 spiro atoms. The first-order valence-electron chi connectivity index (χ1n) is 4.06. The summed E-state index contributed by atoms with van der Waals surface area (Å²) in [4.78, 5) is 27.5. The monoisotopic (exact) mass is 218 g/mol. The molecule has 0 saturated carbocycles. The second kappa shape index (κ2) is 3.83. The maximum absolute atomic E-state index is 11.3. The lowest BCUT2D eigenvalue weighted by molar-refractivity contribution is 0.254. The Labute approximate surface area is 85.7 Å². The van der Waals surface area contributed by atoms with Crippen LogP contribution in [0.15, 0.2) is 4.79 Å². The van der Waals surface area contributed by atoms with Gasteiger partial charge in [-0.3, -0.25) is 4.79 Å². The number of anilines is 1. The number of carbonyl (C=O) groups excluding carboxylic acids is 1. The van der Waals surface area contributed by atoms with Crippen molar-refractivity contribution in [1.82, 2.24) is 14.3 Å². The van der Waals surface area contributed by atoms with Crippen molar-refractivity contribution >= 4 is 22.9 Å². The fourth-order valence-corrected chi connectivity index (χ4v) is 1.33. The Morgan fingerprint density at radius 1 is 1.57 bits per heavy atom. The van der Waals surface area contributed by atoms with Crippen molar-refractivity contribution in [1.29, 1.82) is 0 Å². The molecule has 0 aliphatic carbocycles. The number of carbonyl (C=O) groups is 1. The lowest BCUT2D eigenvalue weighted by Crippen LogP contribution is -2.27. The van der Waals surface area contributed by atoms with Gasteiger partial charge in [0.25, 0.3) is 0 Å². The van der Waals surface area contributed by atoms with E-state index in [4.69, 9.17) is 11.6 Å². The summed E-state index contributed by atoms with van der Waals surface area (Å²) in [6, 6.07) is 0. The Hall–Kier alpha value is -1.30. The molecule has 1 aromatic rings. The molecule has 0 radical (unpaired) electrons. The molecule has 7 heteroatoms. The largest absolute Gasteiger partial charge is 0.374 e. The summed E-state index contributed by atoms with van der Waals surface area (Å²) in [5.74, 6) is 0.409. The molecule has 78 valence electrons. The smallest absolute Gasteiger partial charge is 0.347 e. The topological polar surface area (TPSA) is 60.1 Å². The van der Waals surface area contributed by atoms with Crippen LogP contribution in [-0.2, 0) is 6.54 Å². The van der Waals surface area contributed by atoms with E-state index in [9.17, 15) is 9.59 Å². The van der Waals surface area contributed by atoms with Gasteiger partial charge in [-0.15, -0.1) is 4.68 Å². The second-order valence-electron chi connectivity index (χ2n) is 2.87. The molecule has 0 N–H and O–H groups in total. The fraction of sp³-hybridized carbons (Fsp3) is 0.571. The first-order valence-corrected chi connectivity index (χ1v) is 4.43. The van der Waals surface area contributed by atoms with Crippen LogP contribution < -0.4 is 10.6 Å². The van der Waals surface area contributed by atoms with Crippen molar-refractivity contribution in [2.24, 2.45) is 0 Å². The van der Waals surface area contributed by atoms with Crippen molar-refractivity contribution in [2.75, 3.05) is 19.0 Å². The van der Waals surface area contributed by atoms with Gasteiger partial charge in [0.2, 0.25) is 5.95 Å². The number of hydrogen-bond donors (Lipinski definition) is 0. The van der Waals surface area contributed by atoms with E-state index in [2.05, 4.69) is 4.98 Å². The first kappa shape index (κ1) is 10.8. The zero-order valence-electron chi connectivity index (χ0n) is 8.19. The highest BCUT2D eigenvalue weighted by atomic mass is 35.5. The van der Waals surface area contributed by atoms with E-state index in [-0.39, 0.29) is 0 Å². The summed E-state index contributed by atoms with van der Waals surface area (Å²) in [6.07, 6.45) is 0. The van der Waals surface area contributed by atoms with Crippen molar-refractivity contribution in [3.63, 3.8) is 0 Å². The lowest BCUT2D eigenvalue weighted by Gasteiger charge is -2.13. The molecule has 0 unspecified atom stereocenters. The van der Waals surface area contributed by atoms with Gasteiger partial charge < -0.3 is 4.90 Å². The van der Waals surface area contributed by atoms with Crippen molar-refractivity contribution in [3.8, 4) is 0 Å². The van der Waals surface area contributed by atoms with E-state index in [1.807, 2.05) is 0 Å². The molecule has 1 rings (SSSR count). The number of rotatable bonds is 2. The minimum Gasteiger partial charge on any atom is -0.347 e. The van der Waals surface area contributed by atoms with Crippen LogP contribution in [0.25, 0.3) is 0 Å². The average molecular weight is 219 g/mol. The number of aromatic nitrogens is 3. The van der Waals surface area contributed by atoms with E-state index in [1.165, 1.54) is 4.68 Å². The molecule has 0 aromatic carbocycles. The quantitative estimate of drug-likeness (QED) is 0.672. The molecule has 6 nitrogen and oxygen atoms in total. The Kier molecular flexibility index (Phi) is 2.95. The van der Waals surface area contributed by atoms with E-state index >= 15 is 0 Å². The standard InChI is InChI=1S/C7H11ClN4O2/c1-4-11-6(10(2)3)9-7(14)12(11)5(8)13/h4H2,1-3H3. The Morgan fingerprint density at radius 3 is 2.50 bits per heavy atom. The van der Waals surface area contributed by atoms with Crippen LogP contribution >= 0.6 is 11.6 Å². The highest BCUT2D eigenvalue weighted by Crippen LogP contribution is 2.05. The SMILES string of the molecule is CCn1c(N(C)C)nc(=O)n1C(=O)Cl. The zero-order valence-corrected chi connectivity index (χ0v) is 8.95. The van der Waals surface area contributed by atoms with Crippen LogP contribution in [0.5, 0.6) is 0 Å². The molecular formula is C7H11ClN4O2. The van der Waals surface area contributed by atoms with E-state index < -0.39 is 11.1 Å². The van der Waals surface area contributed by atoms with Gasteiger partial charge in [0, 0.05) is 20.6 Å². The van der Waals surface area contributed by atoms with Crippen molar-refractivity contribution in [3.05, 3.63) is 10.5 Å². The third kappa shape index (κ3) is 1.65. The summed E-state index contributed by atoms with van der Waals surface area (Å²) in [6.45, 7) is 2.24. The minimum atomic E-state index is -0.850. The molecule has 0 atom stereocenters. The second-order valence-corrected chi connectivity index (χ2v) is 3.19. The lowest BCUT2D eigenvalue weighted by atomic mass is 10.7. The van der Waals surface area contributed by atoms with E-state index in [0.717, 1.165) is 4.68 Å². The van der Waals surface area contributed by atoms with E-state index in [0.29, 0.717) is 12.5 Å². The summed E-state index contributed by atoms with van der Waals surface area (Å²) < 4.78 is 2.22. The molecule has 0 aliphatic heterocycles. The maximum Gasteiger partial charge on any atom is 0.374 e. The van der Waals surface area contributed by atoms with Gasteiger partial charge >= 0.3 is 11.1 Å². The van der Waals surface area contributed by atoms with Crippen molar-refractivity contribution in [2.45, 2.75) is 13.5 Å². The normalized spacial score (nSPS) is 10.3. The number of halogens is 1. The van der Waals surface area contributed by atoms with Crippen LogP contribution in [0, 0.1) is 0 Å². The Bertz CT molecular complexity index is 406. The van der Waals surface area contributed by atoms with Gasteiger partial charge in [-0.25, -0.2) is 9.48 Å². The Balaban J connectivity index is 3.43. The van der Waals surface area contributed by atoms with Crippen LogP contribution in [0.3, 0.4) is 0 Å². The molecule has 0 amide bonds. The predicted octanol–water partition coefficient (Wildman–Crippen LogP) is 0.338. The van der Waals surface area contributed by atoms with Gasteiger partial charge in [0.05, 0.1) is 0 Å². The van der Waals surface area contributed by atoms with E-state index in [1.54, 1.807) is 25.9 Å². The zero-order chi connectivity index (χ0) is 10.9. The van der Waals surface area contributed by atoms with Gasteiger partial charge in [0.15, 0.2) is 0 Å². The summed E-state index contributed by atoms with van der Waals surface area (Å²) in [5.41, 5.74) is -0.657. The van der Waals surface area contributed by atoms with Crippen LogP contribution in [0.1, 0.15) is 6.92 Å². The number of nitrogens with zero attached hydrogens (tertiary/aromatic N) is 4. The summed E-state index contributed by atoms with van der Waals surface area (Å²) >= 11 is 5.26. The Morgan fingerprint density at radius 2 is 2.14 bits per heavy atom. The van der Waals surface area contributed by atoms with Gasteiger partial charge in [-0.2, -0.15) is 4.98 Å². The van der Waals surface area contributed by atoms with Crippen LogP contribution in [-0.4, -0.2) is 33.8 Å². The first-order chi connectivity index (χ1) is 6.49. The van der Waals surface area contributed by atoms with Crippen LogP contribution in [0.2, 0.25) is 0 Å². The highest BCUT2D eigenvalue weighted by molar-refractivity contribution is 6.63. The molecule has 0 bridgehead atoms. The van der Waals surface area contributed by atoms with Crippen LogP contribution in [0.4, 0.5) is 10.7 Å². The van der Waals surface area contributed by atoms with Gasteiger partial charge in [0.1, 0.15) is 0 Å². The third-order valence-electron chi connectivity index (χ3n) is 1.72. The van der Waals surface area contributed by atoms with Gasteiger partial charge in [-0.1, -0.05) is 0 Å². The van der Waals surface area contributed by atoms with Crippen molar-refractivity contribution < 1.29 is 4.79 Å². The molecular weight excluding hydrogens is 208 g/mol. The molecule has 0 fully saturated rings. The third-order valence-corrected chi connectivity index (χ3v) is 1.88. The van der Waals surface area contributed by atoms with Gasteiger partial charge in [-0.05, 0) is 18.5 Å². The molecule has 0 aliphatic rings. The maximum atomic E-state index is 11.3. The predicted molar refractivity (Wildman–Crippen MR) is 53.1 cm³/mol. The molecule has 0 saturated heterocycles. The highest BCUT2D eigenvalue weighted by Gasteiger charge is 2.16.